The first-order chi connectivity index (χ1) is 10.7. The third-order valence-corrected chi connectivity index (χ3v) is 3.74. The van der Waals surface area contributed by atoms with Crippen LogP contribution in [0.1, 0.15) is 90.9 Å². The maximum absolute atomic E-state index is 11.5. The van der Waals surface area contributed by atoms with Crippen molar-refractivity contribution in [1.82, 2.24) is 5.32 Å². The number of esters is 1. The van der Waals surface area contributed by atoms with Crippen molar-refractivity contribution >= 4 is 11.9 Å². The molecule has 22 heavy (non-hydrogen) atoms. The summed E-state index contributed by atoms with van der Waals surface area (Å²) in [5.41, 5.74) is 0. The highest BCUT2D eigenvalue weighted by molar-refractivity contribution is 5.81. The molecule has 0 aromatic carbocycles. The van der Waals surface area contributed by atoms with E-state index in [0.717, 1.165) is 12.8 Å². The molecule has 1 amide bonds. The number of hydrogen-bond donors (Lipinski definition) is 1. The molecule has 0 saturated carbocycles. The average molecular weight is 313 g/mol. The molecule has 0 aliphatic carbocycles. The van der Waals surface area contributed by atoms with Crippen molar-refractivity contribution in [3.8, 4) is 0 Å². The number of rotatable bonds is 15. The summed E-state index contributed by atoms with van der Waals surface area (Å²) in [5.74, 6) is -0.418. The Balaban J connectivity index is 3.22. The molecule has 0 atom stereocenters. The molecule has 1 N–H and O–H groups in total. The molecule has 0 aromatic heterocycles. The number of amides is 1. The van der Waals surface area contributed by atoms with Crippen LogP contribution >= 0.6 is 0 Å². The molecule has 130 valence electrons. The summed E-state index contributed by atoms with van der Waals surface area (Å²) in [6.07, 6.45) is 14.5. The Bertz CT molecular complexity index is 280. The van der Waals surface area contributed by atoms with Gasteiger partial charge in [0.15, 0.2) is 0 Å². The van der Waals surface area contributed by atoms with Gasteiger partial charge in [0.2, 0.25) is 5.91 Å². The molecule has 0 spiro atoms. The number of unbranched alkanes of at least 4 members (excludes halogenated alkanes) is 10. The molecule has 0 heterocycles. The van der Waals surface area contributed by atoms with E-state index in [2.05, 4.69) is 12.2 Å². The first-order valence-electron chi connectivity index (χ1n) is 9.13. The lowest BCUT2D eigenvalue weighted by Crippen LogP contribution is -2.30. The molecule has 0 unspecified atom stereocenters. The van der Waals surface area contributed by atoms with Crippen molar-refractivity contribution < 1.29 is 14.3 Å². The quantitative estimate of drug-likeness (QED) is 0.361. The lowest BCUT2D eigenvalue weighted by Gasteiger charge is -2.05. The maximum atomic E-state index is 11.5. The first-order valence-corrected chi connectivity index (χ1v) is 9.13. The Morgan fingerprint density at radius 2 is 1.27 bits per heavy atom. The van der Waals surface area contributed by atoms with Crippen molar-refractivity contribution in [3.63, 3.8) is 0 Å². The fourth-order valence-electron chi connectivity index (χ4n) is 2.42. The third kappa shape index (κ3) is 15.3. The summed E-state index contributed by atoms with van der Waals surface area (Å²) in [5, 5.41) is 2.59. The van der Waals surface area contributed by atoms with Crippen LogP contribution in [0.15, 0.2) is 0 Å². The lowest BCUT2D eigenvalue weighted by molar-refractivity contribution is -0.143. The zero-order valence-electron chi connectivity index (χ0n) is 14.6. The zero-order valence-corrected chi connectivity index (χ0v) is 14.6. The van der Waals surface area contributed by atoms with Crippen molar-refractivity contribution in [1.29, 1.82) is 0 Å². The summed E-state index contributed by atoms with van der Waals surface area (Å²) >= 11 is 0. The summed E-state index contributed by atoms with van der Waals surface area (Å²) < 4.78 is 4.75. The van der Waals surface area contributed by atoms with E-state index in [0.29, 0.717) is 13.0 Å². The predicted octanol–water partition coefficient (Wildman–Crippen LogP) is 4.37. The fraction of sp³-hybridized carbons (Fsp3) is 0.889. The average Bonchev–Trinajstić information content (AvgIpc) is 2.51. The van der Waals surface area contributed by atoms with E-state index in [1.165, 1.54) is 57.8 Å². The molecular weight excluding hydrogens is 278 g/mol. The minimum absolute atomic E-state index is 0.00922. The third-order valence-electron chi connectivity index (χ3n) is 3.74. The van der Waals surface area contributed by atoms with Crippen LogP contribution in [0.25, 0.3) is 0 Å². The highest BCUT2D eigenvalue weighted by atomic mass is 16.5. The normalized spacial score (nSPS) is 10.5. The maximum Gasteiger partial charge on any atom is 0.325 e. The van der Waals surface area contributed by atoms with Crippen molar-refractivity contribution in [2.45, 2.75) is 90.9 Å². The van der Waals surface area contributed by atoms with E-state index in [4.69, 9.17) is 4.74 Å². The van der Waals surface area contributed by atoms with Crippen molar-refractivity contribution in [2.24, 2.45) is 0 Å². The van der Waals surface area contributed by atoms with Crippen molar-refractivity contribution in [3.05, 3.63) is 0 Å². The van der Waals surface area contributed by atoms with Gasteiger partial charge in [0.25, 0.3) is 0 Å². The van der Waals surface area contributed by atoms with E-state index in [9.17, 15) is 9.59 Å². The standard InChI is InChI=1S/C18H35NO3/c1-3-5-6-7-8-9-10-11-12-13-14-15-17(20)19-16-18(21)22-4-2/h3-16H2,1-2H3,(H,19,20). The minimum atomic E-state index is -0.366. The molecule has 4 nitrogen and oxygen atoms in total. The molecular formula is C18H35NO3. The zero-order chi connectivity index (χ0) is 16.5. The molecule has 0 bridgehead atoms. The first kappa shape index (κ1) is 20.9. The van der Waals surface area contributed by atoms with Crippen LogP contribution in [-0.2, 0) is 14.3 Å². The largest absolute Gasteiger partial charge is 0.465 e. The van der Waals surface area contributed by atoms with Crippen LogP contribution in [0, 0.1) is 0 Å². The number of hydrogen-bond acceptors (Lipinski definition) is 3. The highest BCUT2D eigenvalue weighted by Crippen LogP contribution is 2.11. The van der Waals surface area contributed by atoms with E-state index in [1.54, 1.807) is 6.92 Å². The van der Waals surface area contributed by atoms with Gasteiger partial charge in [-0.1, -0.05) is 71.1 Å². The number of carbonyl (C=O) groups excluding carboxylic acids is 2. The summed E-state index contributed by atoms with van der Waals surface area (Å²) in [7, 11) is 0. The van der Waals surface area contributed by atoms with E-state index in [-0.39, 0.29) is 18.4 Å². The predicted molar refractivity (Wildman–Crippen MR) is 90.7 cm³/mol. The summed E-state index contributed by atoms with van der Waals surface area (Å²) in [4.78, 5) is 22.6. The molecule has 0 aromatic rings. The van der Waals surface area contributed by atoms with Gasteiger partial charge in [0.1, 0.15) is 6.54 Å². The van der Waals surface area contributed by atoms with Crippen LogP contribution < -0.4 is 5.32 Å². The van der Waals surface area contributed by atoms with Gasteiger partial charge in [-0.3, -0.25) is 9.59 Å². The SMILES string of the molecule is CCCCCCCCCCCCCC(=O)NCC(=O)OCC. The Morgan fingerprint density at radius 1 is 0.773 bits per heavy atom. The van der Waals surface area contributed by atoms with E-state index < -0.39 is 0 Å². The number of nitrogens with one attached hydrogen (secondary N) is 1. The van der Waals surface area contributed by atoms with Gasteiger partial charge in [0.05, 0.1) is 6.61 Å². The van der Waals surface area contributed by atoms with Gasteiger partial charge in [-0.2, -0.15) is 0 Å². The molecule has 0 rings (SSSR count). The van der Waals surface area contributed by atoms with Gasteiger partial charge in [-0.25, -0.2) is 0 Å². The minimum Gasteiger partial charge on any atom is -0.465 e. The van der Waals surface area contributed by atoms with Crippen LogP contribution in [0.2, 0.25) is 0 Å². The molecule has 0 saturated heterocycles. The smallest absolute Gasteiger partial charge is 0.325 e. The Morgan fingerprint density at radius 3 is 1.77 bits per heavy atom. The summed E-state index contributed by atoms with van der Waals surface area (Å²) in [6, 6.07) is 0. The fourth-order valence-corrected chi connectivity index (χ4v) is 2.42. The second kappa shape index (κ2) is 16.3. The van der Waals surface area contributed by atoms with Gasteiger partial charge >= 0.3 is 5.97 Å². The second-order valence-electron chi connectivity index (χ2n) is 5.87. The van der Waals surface area contributed by atoms with Gasteiger partial charge < -0.3 is 10.1 Å². The van der Waals surface area contributed by atoms with Gasteiger partial charge in [0, 0.05) is 6.42 Å². The summed E-state index contributed by atoms with van der Waals surface area (Å²) in [6.45, 7) is 4.35. The molecule has 0 aliphatic heterocycles. The Labute approximate surface area is 136 Å². The highest BCUT2D eigenvalue weighted by Gasteiger charge is 2.05. The van der Waals surface area contributed by atoms with Crippen LogP contribution in [0.5, 0.6) is 0 Å². The van der Waals surface area contributed by atoms with Crippen LogP contribution in [-0.4, -0.2) is 25.0 Å². The van der Waals surface area contributed by atoms with Crippen LogP contribution in [0.4, 0.5) is 0 Å². The van der Waals surface area contributed by atoms with Gasteiger partial charge in [-0.05, 0) is 13.3 Å². The van der Waals surface area contributed by atoms with E-state index in [1.807, 2.05) is 0 Å². The van der Waals surface area contributed by atoms with Crippen LogP contribution in [0.3, 0.4) is 0 Å². The Kier molecular flexibility index (Phi) is 15.5. The number of carbonyl (C=O) groups is 2. The molecule has 0 fully saturated rings. The molecule has 4 heteroatoms. The lowest BCUT2D eigenvalue weighted by atomic mass is 10.1. The second-order valence-corrected chi connectivity index (χ2v) is 5.87. The van der Waals surface area contributed by atoms with E-state index >= 15 is 0 Å². The van der Waals surface area contributed by atoms with Crippen molar-refractivity contribution in [2.75, 3.05) is 13.2 Å². The molecule has 0 aliphatic rings. The van der Waals surface area contributed by atoms with Gasteiger partial charge in [-0.15, -0.1) is 0 Å². The topological polar surface area (TPSA) is 55.4 Å². The number of ether oxygens (including phenoxy) is 1. The molecule has 0 radical (unpaired) electrons. The monoisotopic (exact) mass is 313 g/mol. The Hall–Kier alpha value is -1.06.